The predicted octanol–water partition coefficient (Wildman–Crippen LogP) is 1.67. The molecule has 1 saturated heterocycles. The van der Waals surface area contributed by atoms with Crippen LogP contribution in [0.25, 0.3) is 11.3 Å². The summed E-state index contributed by atoms with van der Waals surface area (Å²) in [4.78, 5) is 14.2. The molecule has 5 nitrogen and oxygen atoms in total. The number of hydrogen-bond acceptors (Lipinski definition) is 3. The van der Waals surface area contributed by atoms with Gasteiger partial charge in [-0.15, -0.1) is 0 Å². The lowest BCUT2D eigenvalue weighted by molar-refractivity contribution is 0.0782. The van der Waals surface area contributed by atoms with Crippen LogP contribution < -0.4 is 0 Å². The first-order chi connectivity index (χ1) is 10.2. The van der Waals surface area contributed by atoms with E-state index in [0.717, 1.165) is 6.42 Å². The molecule has 110 valence electrons. The van der Waals surface area contributed by atoms with E-state index in [1.807, 2.05) is 0 Å². The Bertz CT molecular complexity index is 656. The number of benzene rings is 1. The average Bonchev–Trinajstić information content (AvgIpc) is 3.16. The lowest BCUT2D eigenvalue weighted by Crippen LogP contribution is -2.29. The lowest BCUT2D eigenvalue weighted by Gasteiger charge is -2.16. The Hall–Kier alpha value is -2.21. The Balaban J connectivity index is 1.89. The summed E-state index contributed by atoms with van der Waals surface area (Å²) in [5.74, 6) is -0.457. The number of amides is 1. The standard InChI is InChI=1S/C15H16FN3O2/c16-13-4-2-1-3-11(13)14-12(7-17-18-14)15(21)19-6-5-10(8-19)9-20/h1-4,7,10,20H,5-6,8-9H2,(H,17,18). The van der Waals surface area contributed by atoms with Crippen molar-refractivity contribution in [3.05, 3.63) is 41.8 Å². The minimum Gasteiger partial charge on any atom is -0.396 e. The summed E-state index contributed by atoms with van der Waals surface area (Å²) in [7, 11) is 0. The Labute approximate surface area is 121 Å². The van der Waals surface area contributed by atoms with E-state index >= 15 is 0 Å². The minimum absolute atomic E-state index is 0.0787. The number of carbonyl (C=O) groups excluding carboxylic acids is 1. The van der Waals surface area contributed by atoms with Gasteiger partial charge < -0.3 is 10.0 Å². The largest absolute Gasteiger partial charge is 0.396 e. The van der Waals surface area contributed by atoms with E-state index in [-0.39, 0.29) is 18.4 Å². The summed E-state index contributed by atoms with van der Waals surface area (Å²) in [6.45, 7) is 1.21. The molecule has 1 fully saturated rings. The summed E-state index contributed by atoms with van der Waals surface area (Å²) in [5, 5.41) is 15.7. The first-order valence-electron chi connectivity index (χ1n) is 6.89. The van der Waals surface area contributed by atoms with Crippen molar-refractivity contribution in [2.24, 2.45) is 5.92 Å². The quantitative estimate of drug-likeness (QED) is 0.903. The molecule has 6 heteroatoms. The normalized spacial score (nSPS) is 18.2. The molecule has 1 aromatic heterocycles. The highest BCUT2D eigenvalue weighted by Crippen LogP contribution is 2.26. The van der Waals surface area contributed by atoms with E-state index in [2.05, 4.69) is 10.2 Å². The van der Waals surface area contributed by atoms with Crippen LogP contribution in [-0.4, -0.2) is 45.8 Å². The van der Waals surface area contributed by atoms with Crippen LogP contribution >= 0.6 is 0 Å². The second-order valence-electron chi connectivity index (χ2n) is 5.23. The number of nitrogens with zero attached hydrogens (tertiary/aromatic N) is 2. The van der Waals surface area contributed by atoms with E-state index in [0.29, 0.717) is 29.9 Å². The van der Waals surface area contributed by atoms with Crippen molar-refractivity contribution in [1.82, 2.24) is 15.1 Å². The first-order valence-corrected chi connectivity index (χ1v) is 6.89. The highest BCUT2D eigenvalue weighted by molar-refractivity contribution is 5.99. The van der Waals surface area contributed by atoms with Crippen LogP contribution in [0.4, 0.5) is 4.39 Å². The average molecular weight is 289 g/mol. The number of aliphatic hydroxyl groups excluding tert-OH is 1. The second-order valence-corrected chi connectivity index (χ2v) is 5.23. The van der Waals surface area contributed by atoms with E-state index in [1.54, 1.807) is 23.1 Å². The monoisotopic (exact) mass is 289 g/mol. The van der Waals surface area contributed by atoms with Gasteiger partial charge >= 0.3 is 0 Å². The summed E-state index contributed by atoms with van der Waals surface area (Å²) in [5.41, 5.74) is 1.08. The molecular formula is C15H16FN3O2. The molecule has 21 heavy (non-hydrogen) atoms. The van der Waals surface area contributed by atoms with Crippen molar-refractivity contribution in [3.63, 3.8) is 0 Å². The maximum absolute atomic E-state index is 13.9. The van der Waals surface area contributed by atoms with Crippen LogP contribution in [0.1, 0.15) is 16.8 Å². The second kappa shape index (κ2) is 5.65. The zero-order valence-electron chi connectivity index (χ0n) is 11.4. The number of nitrogens with one attached hydrogen (secondary N) is 1. The Kier molecular flexibility index (Phi) is 3.70. The molecule has 1 atom stereocenters. The number of aromatic nitrogens is 2. The zero-order chi connectivity index (χ0) is 14.8. The number of likely N-dealkylation sites (tertiary alicyclic amines) is 1. The SMILES string of the molecule is O=C(c1cn[nH]c1-c1ccccc1F)N1CCC(CO)C1. The van der Waals surface area contributed by atoms with Crippen molar-refractivity contribution in [3.8, 4) is 11.3 Å². The molecule has 0 aliphatic carbocycles. The smallest absolute Gasteiger partial charge is 0.257 e. The van der Waals surface area contributed by atoms with E-state index in [1.165, 1.54) is 12.3 Å². The summed E-state index contributed by atoms with van der Waals surface area (Å²) in [6.07, 6.45) is 2.21. The summed E-state index contributed by atoms with van der Waals surface area (Å²) >= 11 is 0. The van der Waals surface area contributed by atoms with Gasteiger partial charge in [0, 0.05) is 31.2 Å². The van der Waals surface area contributed by atoms with Gasteiger partial charge in [0.15, 0.2) is 0 Å². The number of aliphatic hydroxyl groups is 1. The predicted molar refractivity (Wildman–Crippen MR) is 75.1 cm³/mol. The number of carbonyl (C=O) groups is 1. The fourth-order valence-corrected chi connectivity index (χ4v) is 2.65. The van der Waals surface area contributed by atoms with Gasteiger partial charge in [0.25, 0.3) is 5.91 Å². The zero-order valence-corrected chi connectivity index (χ0v) is 11.4. The van der Waals surface area contributed by atoms with Crippen LogP contribution in [0.3, 0.4) is 0 Å². The minimum atomic E-state index is -0.398. The van der Waals surface area contributed by atoms with E-state index in [9.17, 15) is 9.18 Å². The molecule has 0 bridgehead atoms. The Morgan fingerprint density at radius 2 is 2.29 bits per heavy atom. The molecule has 0 spiro atoms. The van der Waals surface area contributed by atoms with Crippen LogP contribution in [0.2, 0.25) is 0 Å². The molecule has 1 aliphatic heterocycles. The molecule has 2 N–H and O–H groups in total. The lowest BCUT2D eigenvalue weighted by atomic mass is 10.1. The third-order valence-corrected chi connectivity index (χ3v) is 3.84. The van der Waals surface area contributed by atoms with Gasteiger partial charge in [-0.25, -0.2) is 4.39 Å². The van der Waals surface area contributed by atoms with Gasteiger partial charge in [0.2, 0.25) is 0 Å². The van der Waals surface area contributed by atoms with Crippen molar-refractivity contribution in [2.45, 2.75) is 6.42 Å². The Morgan fingerprint density at radius 1 is 1.48 bits per heavy atom. The van der Waals surface area contributed by atoms with Crippen LogP contribution in [0, 0.1) is 11.7 Å². The van der Waals surface area contributed by atoms with Gasteiger partial charge in [-0.2, -0.15) is 5.10 Å². The highest BCUT2D eigenvalue weighted by atomic mass is 19.1. The van der Waals surface area contributed by atoms with Gasteiger partial charge in [-0.05, 0) is 18.6 Å². The van der Waals surface area contributed by atoms with Gasteiger partial charge in [0.05, 0.1) is 17.5 Å². The number of H-pyrrole nitrogens is 1. The topological polar surface area (TPSA) is 69.2 Å². The summed E-state index contributed by atoms with van der Waals surface area (Å²) < 4.78 is 13.9. The molecule has 3 rings (SSSR count). The Morgan fingerprint density at radius 3 is 3.00 bits per heavy atom. The molecular weight excluding hydrogens is 273 g/mol. The molecule has 1 aromatic carbocycles. The number of rotatable bonds is 3. The van der Waals surface area contributed by atoms with Crippen molar-refractivity contribution in [2.75, 3.05) is 19.7 Å². The van der Waals surface area contributed by atoms with Crippen LogP contribution in [-0.2, 0) is 0 Å². The van der Waals surface area contributed by atoms with Crippen LogP contribution in [0.15, 0.2) is 30.5 Å². The molecule has 0 saturated carbocycles. The fraction of sp³-hybridized carbons (Fsp3) is 0.333. The molecule has 1 aliphatic rings. The molecule has 1 unspecified atom stereocenters. The maximum atomic E-state index is 13.9. The molecule has 2 aromatic rings. The van der Waals surface area contributed by atoms with E-state index in [4.69, 9.17) is 5.11 Å². The highest BCUT2D eigenvalue weighted by Gasteiger charge is 2.29. The van der Waals surface area contributed by atoms with Crippen LogP contribution in [0.5, 0.6) is 0 Å². The third kappa shape index (κ3) is 2.54. The summed E-state index contributed by atoms with van der Waals surface area (Å²) in [6, 6.07) is 6.27. The molecule has 2 heterocycles. The maximum Gasteiger partial charge on any atom is 0.257 e. The first kappa shape index (κ1) is 13.8. The van der Waals surface area contributed by atoms with Gasteiger partial charge in [-0.1, -0.05) is 12.1 Å². The van der Waals surface area contributed by atoms with Gasteiger partial charge in [-0.3, -0.25) is 9.89 Å². The molecule has 0 radical (unpaired) electrons. The third-order valence-electron chi connectivity index (χ3n) is 3.84. The van der Waals surface area contributed by atoms with Crippen molar-refractivity contribution < 1.29 is 14.3 Å². The van der Waals surface area contributed by atoms with Gasteiger partial charge in [0.1, 0.15) is 5.82 Å². The fourth-order valence-electron chi connectivity index (χ4n) is 2.65. The number of hydrogen-bond donors (Lipinski definition) is 2. The van der Waals surface area contributed by atoms with Crippen molar-refractivity contribution in [1.29, 1.82) is 0 Å². The van der Waals surface area contributed by atoms with Crippen molar-refractivity contribution >= 4 is 5.91 Å². The number of aromatic amines is 1. The number of halogens is 1. The van der Waals surface area contributed by atoms with E-state index < -0.39 is 5.82 Å². The molecule has 1 amide bonds.